The van der Waals surface area contributed by atoms with Crippen molar-refractivity contribution in [1.29, 1.82) is 5.26 Å². The fourth-order valence-corrected chi connectivity index (χ4v) is 2.74. The zero-order chi connectivity index (χ0) is 20.8. The summed E-state index contributed by atoms with van der Waals surface area (Å²) in [6, 6.07) is 9.67. The number of halogens is 3. The Morgan fingerprint density at radius 2 is 1.68 bits per heavy atom. The van der Waals surface area contributed by atoms with Crippen molar-refractivity contribution >= 4 is 52.3 Å². The average molecular weight is 442 g/mol. The first-order chi connectivity index (χ1) is 13.2. The van der Waals surface area contributed by atoms with E-state index in [2.05, 4.69) is 16.2 Å². The molecule has 0 aliphatic heterocycles. The maximum absolute atomic E-state index is 12.4. The molecule has 0 saturated heterocycles. The highest BCUT2D eigenvalue weighted by atomic mass is 35.5. The summed E-state index contributed by atoms with van der Waals surface area (Å²) >= 11 is 17.9. The van der Waals surface area contributed by atoms with Gasteiger partial charge in [0.05, 0.1) is 27.4 Å². The van der Waals surface area contributed by atoms with Crippen molar-refractivity contribution in [1.82, 2.24) is 10.9 Å². The van der Waals surface area contributed by atoms with Crippen LogP contribution in [-0.2, 0) is 4.79 Å². The summed E-state index contributed by atoms with van der Waals surface area (Å²) in [6.07, 6.45) is -1.14. The molecule has 4 N–H and O–H groups in total. The van der Waals surface area contributed by atoms with E-state index in [-0.39, 0.29) is 26.9 Å². The van der Waals surface area contributed by atoms with Gasteiger partial charge in [0.15, 0.2) is 0 Å². The lowest BCUT2D eigenvalue weighted by Crippen LogP contribution is -2.52. The molecule has 0 aliphatic rings. The summed E-state index contributed by atoms with van der Waals surface area (Å²) in [6.45, 7) is 1.39. The van der Waals surface area contributed by atoms with Gasteiger partial charge in [-0.3, -0.25) is 20.4 Å². The van der Waals surface area contributed by atoms with E-state index in [1.807, 2.05) is 6.07 Å². The van der Waals surface area contributed by atoms with Crippen LogP contribution in [0.4, 0.5) is 5.69 Å². The molecule has 2 aromatic carbocycles. The number of nitriles is 1. The summed E-state index contributed by atoms with van der Waals surface area (Å²) in [7, 11) is 0. The number of carbonyl (C=O) groups excluding carboxylic acids is 2. The number of nitrogens with one attached hydrogen (secondary N) is 3. The van der Waals surface area contributed by atoms with Crippen LogP contribution in [0.25, 0.3) is 0 Å². The van der Waals surface area contributed by atoms with Crippen LogP contribution in [0.2, 0.25) is 15.1 Å². The van der Waals surface area contributed by atoms with Crippen LogP contribution in [0.5, 0.6) is 0 Å². The number of aliphatic hydroxyl groups is 1. The molecule has 28 heavy (non-hydrogen) atoms. The predicted octanol–water partition coefficient (Wildman–Crippen LogP) is 3.14. The molecule has 0 aliphatic carbocycles. The molecule has 0 spiro atoms. The fourth-order valence-electron chi connectivity index (χ4n) is 2.19. The Bertz CT molecular complexity index is 927. The van der Waals surface area contributed by atoms with E-state index in [0.29, 0.717) is 5.02 Å². The Kier molecular flexibility index (Phi) is 7.49. The van der Waals surface area contributed by atoms with Crippen molar-refractivity contribution in [3.8, 4) is 6.07 Å². The van der Waals surface area contributed by atoms with Gasteiger partial charge < -0.3 is 10.4 Å². The molecule has 7 nitrogen and oxygen atoms in total. The summed E-state index contributed by atoms with van der Waals surface area (Å²) < 4.78 is 0. The highest BCUT2D eigenvalue weighted by molar-refractivity contribution is 6.44. The van der Waals surface area contributed by atoms with Gasteiger partial charge in [0.1, 0.15) is 12.1 Å². The number of hydrogen-bond donors (Lipinski definition) is 4. The maximum atomic E-state index is 12.4. The second-order valence-electron chi connectivity index (χ2n) is 5.71. The zero-order valence-electron chi connectivity index (χ0n) is 14.5. The smallest absolute Gasteiger partial charge is 0.269 e. The molecular formula is C18H15Cl3N4O3. The second kappa shape index (κ2) is 9.62. The van der Waals surface area contributed by atoms with Gasteiger partial charge in [-0.1, -0.05) is 34.8 Å². The van der Waals surface area contributed by atoms with Gasteiger partial charge >= 0.3 is 0 Å². The number of benzene rings is 2. The first kappa shape index (κ1) is 21.8. The third-order valence-corrected chi connectivity index (χ3v) is 4.82. The largest absolute Gasteiger partial charge is 0.391 e. The quantitative estimate of drug-likeness (QED) is 0.532. The van der Waals surface area contributed by atoms with E-state index in [9.17, 15) is 14.7 Å². The number of hydrogen-bond acceptors (Lipinski definition) is 5. The molecule has 0 aromatic heterocycles. The van der Waals surface area contributed by atoms with Crippen LogP contribution in [0, 0.1) is 11.3 Å². The number of rotatable bonds is 5. The van der Waals surface area contributed by atoms with Crippen molar-refractivity contribution in [3.05, 3.63) is 62.6 Å². The van der Waals surface area contributed by atoms with Crippen molar-refractivity contribution in [3.63, 3.8) is 0 Å². The average Bonchev–Trinajstić information content (AvgIpc) is 2.67. The van der Waals surface area contributed by atoms with Gasteiger partial charge in [-0.05, 0) is 43.3 Å². The molecule has 0 radical (unpaired) electrons. The number of anilines is 1. The van der Waals surface area contributed by atoms with E-state index in [1.165, 1.54) is 43.3 Å². The molecule has 0 heterocycles. The van der Waals surface area contributed by atoms with E-state index in [0.717, 1.165) is 0 Å². The van der Waals surface area contributed by atoms with Gasteiger partial charge in [-0.2, -0.15) is 5.26 Å². The minimum atomic E-state index is -1.16. The highest BCUT2D eigenvalue weighted by Crippen LogP contribution is 2.33. The molecule has 10 heteroatoms. The Morgan fingerprint density at radius 1 is 1.04 bits per heavy atom. The van der Waals surface area contributed by atoms with E-state index >= 15 is 0 Å². The highest BCUT2D eigenvalue weighted by Gasteiger charge is 2.25. The number of amides is 2. The molecule has 2 amide bonds. The van der Waals surface area contributed by atoms with Gasteiger partial charge in [-0.25, -0.2) is 0 Å². The monoisotopic (exact) mass is 440 g/mol. The van der Waals surface area contributed by atoms with Crippen molar-refractivity contribution in [2.75, 3.05) is 5.32 Å². The number of nitrogens with zero attached hydrogens (tertiary/aromatic N) is 1. The van der Waals surface area contributed by atoms with Crippen LogP contribution >= 0.6 is 34.8 Å². The normalized spacial score (nSPS) is 12.4. The maximum Gasteiger partial charge on any atom is 0.269 e. The van der Waals surface area contributed by atoms with Crippen molar-refractivity contribution in [2.24, 2.45) is 0 Å². The minimum Gasteiger partial charge on any atom is -0.391 e. The van der Waals surface area contributed by atoms with Gasteiger partial charge in [0.25, 0.3) is 11.8 Å². The molecule has 0 saturated carbocycles. The standard InChI is InChI=1S/C18H15Cl3N4O3/c1-9(26)16(23-13-7-4-11(8-22)14(20)15(13)21)18(28)25-24-17(27)10-2-5-12(19)6-3-10/h2-7,9,16,23,26H,1H3,(H,24,27)(H,25,28)/t9-,16+/m0/s1. The first-order valence-corrected chi connectivity index (χ1v) is 9.06. The minimum absolute atomic E-state index is 0.0231. The lowest BCUT2D eigenvalue weighted by Gasteiger charge is -2.23. The Morgan fingerprint density at radius 3 is 2.25 bits per heavy atom. The zero-order valence-corrected chi connectivity index (χ0v) is 16.7. The molecular weight excluding hydrogens is 427 g/mol. The van der Waals surface area contributed by atoms with Gasteiger partial charge in [-0.15, -0.1) is 0 Å². The SMILES string of the molecule is C[C@H](O)[C@@H](Nc1ccc(C#N)c(Cl)c1Cl)C(=O)NNC(=O)c1ccc(Cl)cc1. The second-order valence-corrected chi connectivity index (χ2v) is 6.91. The summed E-state index contributed by atoms with van der Waals surface area (Å²) in [5.41, 5.74) is 5.18. The molecule has 146 valence electrons. The molecule has 0 bridgehead atoms. The van der Waals surface area contributed by atoms with Crippen LogP contribution in [0.3, 0.4) is 0 Å². The van der Waals surface area contributed by atoms with Crippen LogP contribution < -0.4 is 16.2 Å². The Balaban J connectivity index is 2.08. The lowest BCUT2D eigenvalue weighted by molar-refractivity contribution is -0.124. The summed E-state index contributed by atoms with van der Waals surface area (Å²) in [5.74, 6) is -1.28. The third-order valence-electron chi connectivity index (χ3n) is 3.68. The van der Waals surface area contributed by atoms with Crippen molar-refractivity contribution < 1.29 is 14.7 Å². The number of aliphatic hydroxyl groups excluding tert-OH is 1. The number of hydrazine groups is 1. The first-order valence-electron chi connectivity index (χ1n) is 7.93. The number of carbonyl (C=O) groups is 2. The molecule has 2 aromatic rings. The fraction of sp³-hybridized carbons (Fsp3) is 0.167. The summed E-state index contributed by atoms with van der Waals surface area (Å²) in [4.78, 5) is 24.5. The van der Waals surface area contributed by atoms with Crippen LogP contribution in [0.15, 0.2) is 36.4 Å². The predicted molar refractivity (Wildman–Crippen MR) is 107 cm³/mol. The Labute approximate surface area is 176 Å². The van der Waals surface area contributed by atoms with Crippen LogP contribution in [-0.4, -0.2) is 29.1 Å². The third kappa shape index (κ3) is 5.27. The molecule has 0 fully saturated rings. The van der Waals surface area contributed by atoms with Crippen molar-refractivity contribution in [2.45, 2.75) is 19.1 Å². The van der Waals surface area contributed by atoms with E-state index in [1.54, 1.807) is 0 Å². The van der Waals surface area contributed by atoms with Gasteiger partial charge in [0.2, 0.25) is 0 Å². The lowest BCUT2D eigenvalue weighted by atomic mass is 10.1. The van der Waals surface area contributed by atoms with Gasteiger partial charge in [0, 0.05) is 10.6 Å². The summed E-state index contributed by atoms with van der Waals surface area (Å²) in [5, 5.41) is 22.2. The molecule has 2 atom stereocenters. The topological polar surface area (TPSA) is 114 Å². The van der Waals surface area contributed by atoms with Crippen LogP contribution in [0.1, 0.15) is 22.8 Å². The molecule has 0 unspecified atom stereocenters. The Hall–Kier alpha value is -2.50. The van der Waals surface area contributed by atoms with E-state index in [4.69, 9.17) is 40.1 Å². The molecule has 2 rings (SSSR count). The van der Waals surface area contributed by atoms with E-state index < -0.39 is 24.0 Å².